The number of nitrogens with zero attached hydrogens (tertiary/aromatic N) is 6. The van der Waals surface area contributed by atoms with Crippen molar-refractivity contribution in [1.29, 1.82) is 0 Å². The lowest BCUT2D eigenvalue weighted by molar-refractivity contribution is 0.370. The summed E-state index contributed by atoms with van der Waals surface area (Å²) < 4.78 is 43.5. The van der Waals surface area contributed by atoms with E-state index in [4.69, 9.17) is 12.3 Å². The minimum atomic E-state index is -1.03. The summed E-state index contributed by atoms with van der Waals surface area (Å²) >= 11 is 1.38. The van der Waals surface area contributed by atoms with Gasteiger partial charge in [0.05, 0.1) is 31.2 Å². The molecule has 0 bridgehead atoms. The minimum Gasteiger partial charge on any atom is -0.379 e. The monoisotopic (exact) mass is 493 g/mol. The molecule has 3 aromatic rings. The number of rotatable bonds is 4. The van der Waals surface area contributed by atoms with Crippen LogP contribution in [0.2, 0.25) is 0 Å². The Morgan fingerprint density at radius 3 is 2.69 bits per heavy atom. The van der Waals surface area contributed by atoms with E-state index in [1.165, 1.54) is 48.3 Å². The fourth-order valence-electron chi connectivity index (χ4n) is 4.40. The maximum atomic E-state index is 15.3. The van der Waals surface area contributed by atoms with Crippen LogP contribution in [0.5, 0.6) is 0 Å². The van der Waals surface area contributed by atoms with Crippen molar-refractivity contribution in [2.75, 3.05) is 23.7 Å². The number of pyridine rings is 1. The number of aromatic nitrogens is 3. The van der Waals surface area contributed by atoms with Gasteiger partial charge in [-0.15, -0.1) is 0 Å². The molecule has 11 heteroatoms. The van der Waals surface area contributed by atoms with Crippen LogP contribution in [0.4, 0.5) is 24.8 Å². The summed E-state index contributed by atoms with van der Waals surface area (Å²) in [5, 5.41) is 0.332. The van der Waals surface area contributed by atoms with Gasteiger partial charge in [0.2, 0.25) is 11.6 Å². The first-order valence-electron chi connectivity index (χ1n) is 10.6. The Balaban J connectivity index is 1.54. The van der Waals surface area contributed by atoms with Gasteiger partial charge in [0.25, 0.3) is 0 Å². The van der Waals surface area contributed by atoms with E-state index >= 15 is 4.39 Å². The van der Waals surface area contributed by atoms with E-state index in [2.05, 4.69) is 24.8 Å². The maximum absolute atomic E-state index is 15.3. The van der Waals surface area contributed by atoms with Gasteiger partial charge in [-0.25, -0.2) is 33.0 Å². The van der Waals surface area contributed by atoms with Crippen LogP contribution in [0.15, 0.2) is 53.9 Å². The summed E-state index contributed by atoms with van der Waals surface area (Å²) in [6.45, 7) is 7.69. The van der Waals surface area contributed by atoms with Crippen LogP contribution in [-0.2, 0) is 5.54 Å². The quantitative estimate of drug-likeness (QED) is 0.537. The summed E-state index contributed by atoms with van der Waals surface area (Å²) in [6, 6.07) is 7.21. The fraction of sp³-hybridized carbons (Fsp3) is 0.208. The van der Waals surface area contributed by atoms with Crippen molar-refractivity contribution in [1.82, 2.24) is 15.0 Å². The molecule has 2 N–H and O–H groups in total. The summed E-state index contributed by atoms with van der Waals surface area (Å²) in [7, 11) is 0. The van der Waals surface area contributed by atoms with Crippen molar-refractivity contribution in [2.45, 2.75) is 5.54 Å². The molecular weight excluding hydrogens is 475 g/mol. The molecule has 176 valence electrons. The number of hydrogen-bond acceptors (Lipinski definition) is 7. The standard InChI is InChI=1S/C24H18F3N7S/c1-29-17-3-5-21(30-10-17)20(27)7-14-2-4-19(26)18(6-14)24-13-34(23-31-8-16(25)9-32-23)11-15(24)12-35-22(28)33-24/h2-10,15H,11-13H2,(H2,28,33)/b20-7-/t15-,24-/m0/s1. The molecule has 4 heterocycles. The van der Waals surface area contributed by atoms with Gasteiger partial charge in [-0.1, -0.05) is 23.9 Å². The van der Waals surface area contributed by atoms with E-state index < -0.39 is 23.0 Å². The molecule has 2 aromatic heterocycles. The molecular formula is C24H18F3N7S. The van der Waals surface area contributed by atoms with Gasteiger partial charge in [0, 0.05) is 30.0 Å². The van der Waals surface area contributed by atoms with E-state index in [1.807, 2.05) is 4.90 Å². The molecule has 2 aliphatic heterocycles. The lowest BCUT2D eigenvalue weighted by Gasteiger charge is -2.35. The average molecular weight is 494 g/mol. The lowest BCUT2D eigenvalue weighted by atomic mass is 9.81. The first kappa shape index (κ1) is 22.9. The van der Waals surface area contributed by atoms with E-state index in [0.717, 1.165) is 12.4 Å². The van der Waals surface area contributed by atoms with Gasteiger partial charge in [0.1, 0.15) is 17.2 Å². The highest BCUT2D eigenvalue weighted by Gasteiger charge is 2.52. The Morgan fingerprint density at radius 1 is 1.17 bits per heavy atom. The molecule has 7 nitrogen and oxygen atoms in total. The fourth-order valence-corrected chi connectivity index (χ4v) is 5.38. The molecule has 0 unspecified atom stereocenters. The van der Waals surface area contributed by atoms with Crippen LogP contribution >= 0.6 is 11.8 Å². The highest BCUT2D eigenvalue weighted by atomic mass is 32.2. The average Bonchev–Trinajstić information content (AvgIpc) is 3.25. The first-order valence-corrected chi connectivity index (χ1v) is 11.6. The largest absolute Gasteiger partial charge is 0.379 e. The lowest BCUT2D eigenvalue weighted by Crippen LogP contribution is -2.40. The van der Waals surface area contributed by atoms with E-state index in [1.54, 1.807) is 6.07 Å². The van der Waals surface area contributed by atoms with Crippen LogP contribution in [0, 0.1) is 24.1 Å². The van der Waals surface area contributed by atoms with Gasteiger partial charge in [-0.2, -0.15) is 0 Å². The molecule has 0 saturated carbocycles. The number of amidine groups is 1. The Kier molecular flexibility index (Phi) is 5.90. The predicted octanol–water partition coefficient (Wildman–Crippen LogP) is 4.56. The van der Waals surface area contributed by atoms with Crippen molar-refractivity contribution in [3.63, 3.8) is 0 Å². The van der Waals surface area contributed by atoms with Gasteiger partial charge in [-0.05, 0) is 29.8 Å². The molecule has 1 fully saturated rings. The first-order chi connectivity index (χ1) is 16.9. The van der Waals surface area contributed by atoms with Gasteiger partial charge in [0.15, 0.2) is 11.0 Å². The number of aliphatic imine (C=N–C) groups is 1. The summed E-state index contributed by atoms with van der Waals surface area (Å²) in [5.74, 6) is -0.882. The Labute approximate surface area is 203 Å². The smallest absolute Gasteiger partial charge is 0.225 e. The molecule has 0 radical (unpaired) electrons. The zero-order chi connectivity index (χ0) is 24.6. The molecule has 2 aliphatic rings. The normalized spacial score (nSPS) is 21.9. The Bertz CT molecular complexity index is 1370. The highest BCUT2D eigenvalue weighted by molar-refractivity contribution is 8.13. The number of hydrogen-bond donors (Lipinski definition) is 1. The van der Waals surface area contributed by atoms with Crippen LogP contribution in [0.3, 0.4) is 0 Å². The number of benzene rings is 1. The second kappa shape index (κ2) is 9.03. The number of halogens is 3. The Morgan fingerprint density at radius 2 is 1.97 bits per heavy atom. The van der Waals surface area contributed by atoms with Crippen molar-refractivity contribution < 1.29 is 13.2 Å². The molecule has 1 saturated heterocycles. The number of thioether (sulfide) groups is 1. The summed E-state index contributed by atoms with van der Waals surface area (Å²) in [5.41, 5.74) is 6.12. The van der Waals surface area contributed by atoms with Crippen LogP contribution in [0.25, 0.3) is 16.7 Å². The van der Waals surface area contributed by atoms with Crippen LogP contribution in [0.1, 0.15) is 16.8 Å². The zero-order valence-corrected chi connectivity index (χ0v) is 19.0. The van der Waals surface area contributed by atoms with Crippen LogP contribution < -0.4 is 10.6 Å². The number of fused-ring (bicyclic) bond motifs is 1. The summed E-state index contributed by atoms with van der Waals surface area (Å²) in [4.78, 5) is 21.9. The van der Waals surface area contributed by atoms with Crippen molar-refractivity contribution in [2.24, 2.45) is 16.6 Å². The number of anilines is 1. The SMILES string of the molecule is [C-]#[N+]c1ccc(/C(F)=C/c2ccc(F)c([C@]34CN(c5ncc(F)cn5)C[C@H]3CSC(N)=N4)c2)nc1. The van der Waals surface area contributed by atoms with Crippen molar-refractivity contribution >= 4 is 40.5 Å². The second-order valence-electron chi connectivity index (χ2n) is 8.21. The van der Waals surface area contributed by atoms with E-state index in [-0.39, 0.29) is 23.7 Å². The van der Waals surface area contributed by atoms with E-state index in [9.17, 15) is 8.78 Å². The van der Waals surface area contributed by atoms with Crippen LogP contribution in [-0.4, -0.2) is 39.0 Å². The second-order valence-corrected chi connectivity index (χ2v) is 9.25. The highest BCUT2D eigenvalue weighted by Crippen LogP contribution is 2.47. The molecule has 1 aromatic carbocycles. The van der Waals surface area contributed by atoms with Crippen molar-refractivity contribution in [3.05, 3.63) is 88.8 Å². The van der Waals surface area contributed by atoms with Gasteiger partial charge >= 0.3 is 0 Å². The molecule has 5 rings (SSSR count). The Hall–Kier alpha value is -3.91. The maximum Gasteiger partial charge on any atom is 0.225 e. The zero-order valence-electron chi connectivity index (χ0n) is 18.2. The summed E-state index contributed by atoms with van der Waals surface area (Å²) in [6.07, 6.45) is 4.71. The van der Waals surface area contributed by atoms with E-state index in [0.29, 0.717) is 34.7 Å². The van der Waals surface area contributed by atoms with Gasteiger partial charge < -0.3 is 10.6 Å². The van der Waals surface area contributed by atoms with Crippen molar-refractivity contribution in [3.8, 4) is 0 Å². The molecule has 2 atom stereocenters. The molecule has 0 aliphatic carbocycles. The molecule has 35 heavy (non-hydrogen) atoms. The number of nitrogens with two attached hydrogens (primary N) is 1. The molecule has 0 spiro atoms. The third-order valence-electron chi connectivity index (χ3n) is 6.05. The third-order valence-corrected chi connectivity index (χ3v) is 7.01. The van der Waals surface area contributed by atoms with Gasteiger partial charge in [-0.3, -0.25) is 4.98 Å². The molecule has 0 amide bonds. The third kappa shape index (κ3) is 4.33. The topological polar surface area (TPSA) is 84.7 Å². The predicted molar refractivity (Wildman–Crippen MR) is 129 cm³/mol. The minimum absolute atomic E-state index is 0.0659.